The summed E-state index contributed by atoms with van der Waals surface area (Å²) in [5.74, 6) is 0.127. The number of hydrogen-bond acceptors (Lipinski definition) is 4. The van der Waals surface area contributed by atoms with Gasteiger partial charge in [0.1, 0.15) is 4.99 Å². The summed E-state index contributed by atoms with van der Waals surface area (Å²) in [6.07, 6.45) is 3.50. The van der Waals surface area contributed by atoms with Gasteiger partial charge in [0.25, 0.3) is 0 Å². The molecule has 1 aliphatic rings. The summed E-state index contributed by atoms with van der Waals surface area (Å²) in [5, 5.41) is 0.665. The monoisotopic (exact) mass is 515 g/mol. The molecule has 1 saturated heterocycles. The second-order valence-corrected chi connectivity index (χ2v) is 8.67. The number of esters is 1. The number of carbonyl (C=O) groups is 1. The van der Waals surface area contributed by atoms with Crippen LogP contribution in [0.3, 0.4) is 0 Å². The number of piperidine rings is 1. The molecule has 8 heteroatoms. The fourth-order valence-corrected chi connectivity index (χ4v) is 4.44. The maximum Gasteiger partial charge on any atom is 0.345 e. The Labute approximate surface area is 194 Å². The number of hydrogen-bond donors (Lipinski definition) is 0. The maximum absolute atomic E-state index is 12.7. The Morgan fingerprint density at radius 2 is 1.90 bits per heavy atom. The van der Waals surface area contributed by atoms with E-state index in [0.717, 1.165) is 36.5 Å². The minimum absolute atomic E-state index is 0.221. The first-order valence-electron chi connectivity index (χ1n) is 9.33. The van der Waals surface area contributed by atoms with Crippen molar-refractivity contribution in [2.24, 2.45) is 0 Å². The molecule has 0 bridgehead atoms. The molecule has 1 fully saturated rings. The Kier molecular flexibility index (Phi) is 7.79. The zero-order valence-corrected chi connectivity index (χ0v) is 19.8. The Bertz CT molecular complexity index is 932. The second-order valence-electron chi connectivity index (χ2n) is 6.58. The topological polar surface area (TPSA) is 38.8 Å². The number of likely N-dealkylation sites (tertiary alicyclic amines) is 1. The van der Waals surface area contributed by atoms with E-state index in [2.05, 4.69) is 20.8 Å². The summed E-state index contributed by atoms with van der Waals surface area (Å²) in [4.78, 5) is 15.6. The van der Waals surface area contributed by atoms with Gasteiger partial charge in [0.2, 0.25) is 0 Å². The molecule has 0 aliphatic carbocycles. The van der Waals surface area contributed by atoms with Crippen LogP contribution in [0.15, 0.2) is 34.8 Å². The maximum atomic E-state index is 12.7. The normalized spacial score (nSPS) is 13.9. The van der Waals surface area contributed by atoms with E-state index >= 15 is 0 Å². The van der Waals surface area contributed by atoms with E-state index in [1.165, 1.54) is 18.6 Å². The highest BCUT2D eigenvalue weighted by Crippen LogP contribution is 2.38. The van der Waals surface area contributed by atoms with Crippen molar-refractivity contribution < 1.29 is 14.3 Å². The molecule has 0 unspecified atom stereocenters. The molecule has 0 spiro atoms. The lowest BCUT2D eigenvalue weighted by atomic mass is 10.1. The third-order valence-electron chi connectivity index (χ3n) is 4.55. The molecule has 29 heavy (non-hydrogen) atoms. The number of ether oxygens (including phenoxy) is 2. The van der Waals surface area contributed by atoms with Crippen LogP contribution in [0, 0.1) is 0 Å². The first-order chi connectivity index (χ1) is 13.9. The summed E-state index contributed by atoms with van der Waals surface area (Å²) in [6.45, 7) is 4.18. The van der Waals surface area contributed by atoms with Crippen molar-refractivity contribution in [1.29, 1.82) is 0 Å². The average molecular weight is 517 g/mol. The van der Waals surface area contributed by atoms with Crippen molar-refractivity contribution in [2.45, 2.75) is 26.2 Å². The third kappa shape index (κ3) is 5.43. The van der Waals surface area contributed by atoms with Crippen LogP contribution >= 0.6 is 51.3 Å². The van der Waals surface area contributed by atoms with Gasteiger partial charge in [0, 0.05) is 23.7 Å². The zero-order chi connectivity index (χ0) is 21.0. The van der Waals surface area contributed by atoms with Crippen LogP contribution in [0.4, 0.5) is 0 Å². The number of thiocarbonyl (C=S) groups is 1. The van der Waals surface area contributed by atoms with Crippen LogP contribution < -0.4 is 9.47 Å². The van der Waals surface area contributed by atoms with E-state index in [9.17, 15) is 4.79 Å². The van der Waals surface area contributed by atoms with Gasteiger partial charge in [-0.1, -0.05) is 35.4 Å². The van der Waals surface area contributed by atoms with E-state index in [4.69, 9.17) is 44.9 Å². The molecule has 0 N–H and O–H groups in total. The van der Waals surface area contributed by atoms with Gasteiger partial charge in [0.15, 0.2) is 11.5 Å². The number of halogens is 3. The number of carbonyl (C=O) groups excluding carboxylic acids is 1. The van der Waals surface area contributed by atoms with Crippen molar-refractivity contribution in [3.8, 4) is 11.5 Å². The molecule has 2 aromatic carbocycles. The van der Waals surface area contributed by atoms with Gasteiger partial charge >= 0.3 is 5.97 Å². The summed E-state index contributed by atoms with van der Waals surface area (Å²) in [5.41, 5.74) is 1.07. The molecule has 2 aromatic rings. The first kappa shape index (κ1) is 22.3. The molecule has 0 aromatic heterocycles. The summed E-state index contributed by atoms with van der Waals surface area (Å²) < 4.78 is 11.9. The molecule has 154 valence electrons. The van der Waals surface area contributed by atoms with Crippen LogP contribution in [0.2, 0.25) is 10.0 Å². The number of benzene rings is 2. The molecule has 4 nitrogen and oxygen atoms in total. The first-order valence-corrected chi connectivity index (χ1v) is 11.3. The largest absolute Gasteiger partial charge is 0.490 e. The van der Waals surface area contributed by atoms with E-state index in [1.807, 2.05) is 19.1 Å². The molecule has 3 rings (SSSR count). The van der Waals surface area contributed by atoms with Gasteiger partial charge in [-0.3, -0.25) is 0 Å². The molecular weight excluding hydrogens is 497 g/mol. The van der Waals surface area contributed by atoms with Gasteiger partial charge in [-0.15, -0.1) is 0 Å². The zero-order valence-electron chi connectivity index (χ0n) is 15.8. The van der Waals surface area contributed by atoms with Crippen molar-refractivity contribution in [3.63, 3.8) is 0 Å². The van der Waals surface area contributed by atoms with Crippen molar-refractivity contribution in [1.82, 2.24) is 4.90 Å². The predicted octanol–water partition coefficient (Wildman–Crippen LogP) is 6.54. The van der Waals surface area contributed by atoms with Gasteiger partial charge in [-0.25, -0.2) is 4.79 Å². The molecule has 0 atom stereocenters. The molecule has 0 amide bonds. The Morgan fingerprint density at radius 1 is 1.17 bits per heavy atom. The van der Waals surface area contributed by atoms with Crippen LogP contribution in [0.1, 0.15) is 42.1 Å². The van der Waals surface area contributed by atoms with Crippen LogP contribution in [0.5, 0.6) is 11.5 Å². The highest BCUT2D eigenvalue weighted by atomic mass is 79.9. The average Bonchev–Trinajstić information content (AvgIpc) is 2.70. The standard InChI is InChI=1S/C21H20BrCl2NO3S/c1-2-27-18-11-13(20(29)25-8-4-3-5-9-25)10-16(22)19(18)28-21(26)15-7-6-14(23)12-17(15)24/h6-7,10-12H,2-5,8-9H2,1H3. The summed E-state index contributed by atoms with van der Waals surface area (Å²) in [6, 6.07) is 8.28. The van der Waals surface area contributed by atoms with Crippen LogP contribution in [-0.2, 0) is 0 Å². The third-order valence-corrected chi connectivity index (χ3v) is 6.18. The Morgan fingerprint density at radius 3 is 2.55 bits per heavy atom. The number of nitrogens with zero attached hydrogens (tertiary/aromatic N) is 1. The molecular formula is C21H20BrCl2NO3S. The minimum Gasteiger partial charge on any atom is -0.490 e. The lowest BCUT2D eigenvalue weighted by Gasteiger charge is -2.29. The van der Waals surface area contributed by atoms with Crippen molar-refractivity contribution in [2.75, 3.05) is 19.7 Å². The van der Waals surface area contributed by atoms with Gasteiger partial charge < -0.3 is 14.4 Å². The fraction of sp³-hybridized carbons (Fsp3) is 0.333. The van der Waals surface area contributed by atoms with Crippen molar-refractivity contribution in [3.05, 3.63) is 56.0 Å². The molecule has 0 saturated carbocycles. The summed E-state index contributed by atoms with van der Waals surface area (Å²) in [7, 11) is 0. The molecule has 1 heterocycles. The Hall–Kier alpha value is -1.34. The van der Waals surface area contributed by atoms with E-state index in [1.54, 1.807) is 6.07 Å². The predicted molar refractivity (Wildman–Crippen MR) is 124 cm³/mol. The highest BCUT2D eigenvalue weighted by molar-refractivity contribution is 9.10. The minimum atomic E-state index is -0.598. The van der Waals surface area contributed by atoms with E-state index < -0.39 is 5.97 Å². The van der Waals surface area contributed by atoms with Crippen LogP contribution in [0.25, 0.3) is 0 Å². The van der Waals surface area contributed by atoms with Gasteiger partial charge in [0.05, 0.1) is 21.7 Å². The number of rotatable bonds is 5. The van der Waals surface area contributed by atoms with Gasteiger partial charge in [-0.2, -0.15) is 0 Å². The quantitative estimate of drug-likeness (QED) is 0.256. The fourth-order valence-electron chi connectivity index (χ4n) is 3.14. The SMILES string of the molecule is CCOc1cc(C(=S)N2CCCCC2)cc(Br)c1OC(=O)c1ccc(Cl)cc1Cl. The summed E-state index contributed by atoms with van der Waals surface area (Å²) >= 11 is 21.2. The molecule has 1 aliphatic heterocycles. The highest BCUT2D eigenvalue weighted by Gasteiger charge is 2.22. The smallest absolute Gasteiger partial charge is 0.345 e. The Balaban J connectivity index is 1.89. The van der Waals surface area contributed by atoms with E-state index in [-0.39, 0.29) is 16.3 Å². The lowest BCUT2D eigenvalue weighted by Crippen LogP contribution is -2.34. The van der Waals surface area contributed by atoms with Crippen LogP contribution in [-0.4, -0.2) is 35.6 Å². The van der Waals surface area contributed by atoms with E-state index in [0.29, 0.717) is 21.9 Å². The van der Waals surface area contributed by atoms with Gasteiger partial charge in [-0.05, 0) is 72.4 Å². The lowest BCUT2D eigenvalue weighted by molar-refractivity contribution is 0.0727. The second kappa shape index (κ2) is 10.1. The molecule has 0 radical (unpaired) electrons. The van der Waals surface area contributed by atoms with Crippen molar-refractivity contribution >= 4 is 62.3 Å².